The van der Waals surface area contributed by atoms with Crippen molar-refractivity contribution >= 4 is 5.91 Å². The molecule has 0 bridgehead atoms. The number of piperazine rings is 1. The molecule has 1 heterocycles. The van der Waals surface area contributed by atoms with Gasteiger partial charge < -0.3 is 10.2 Å². The van der Waals surface area contributed by atoms with Gasteiger partial charge in [-0.15, -0.1) is 0 Å². The summed E-state index contributed by atoms with van der Waals surface area (Å²) in [5.41, 5.74) is 0.136. The normalized spacial score (nSPS) is 25.4. The third-order valence-electron chi connectivity index (χ3n) is 4.98. The molecule has 2 rings (SSSR count). The number of rotatable bonds is 2. The second-order valence-corrected chi connectivity index (χ2v) is 6.48. The van der Waals surface area contributed by atoms with E-state index in [9.17, 15) is 4.79 Å². The van der Waals surface area contributed by atoms with Crippen molar-refractivity contribution in [2.75, 3.05) is 19.6 Å². The summed E-state index contributed by atoms with van der Waals surface area (Å²) in [5.74, 6) is 0.975. The minimum absolute atomic E-state index is 0.136. The van der Waals surface area contributed by atoms with Crippen molar-refractivity contribution in [2.24, 2.45) is 11.8 Å². The van der Waals surface area contributed by atoms with Gasteiger partial charge in [-0.25, -0.2) is 0 Å². The lowest BCUT2D eigenvalue weighted by molar-refractivity contribution is -0.146. The van der Waals surface area contributed by atoms with E-state index in [4.69, 9.17) is 0 Å². The van der Waals surface area contributed by atoms with Crippen LogP contribution in [0.25, 0.3) is 0 Å². The van der Waals surface area contributed by atoms with Gasteiger partial charge in [0.2, 0.25) is 5.91 Å². The van der Waals surface area contributed by atoms with Gasteiger partial charge >= 0.3 is 0 Å². The number of hydrogen-bond donors (Lipinski definition) is 1. The first kappa shape index (κ1) is 13.9. The maximum absolute atomic E-state index is 12.7. The van der Waals surface area contributed by atoms with Crippen molar-refractivity contribution < 1.29 is 4.79 Å². The van der Waals surface area contributed by atoms with Crippen LogP contribution in [0.1, 0.15) is 52.9 Å². The highest BCUT2D eigenvalue weighted by Crippen LogP contribution is 2.36. The first-order valence-electron chi connectivity index (χ1n) is 7.59. The number of hydrogen-bond acceptors (Lipinski definition) is 2. The molecule has 1 amide bonds. The number of nitrogens with zero attached hydrogens (tertiary/aromatic N) is 1. The molecule has 1 saturated heterocycles. The maximum atomic E-state index is 12.7. The lowest BCUT2D eigenvalue weighted by Gasteiger charge is -2.50. The molecule has 0 aromatic heterocycles. The summed E-state index contributed by atoms with van der Waals surface area (Å²) in [6, 6.07) is 0. The largest absolute Gasteiger partial charge is 0.334 e. The highest BCUT2D eigenvalue weighted by Gasteiger charge is 2.43. The molecular weight excluding hydrogens is 224 g/mol. The SMILES string of the molecule is CC(C)C(C)C(=O)N1CCNCC12CCCCC2. The van der Waals surface area contributed by atoms with Gasteiger partial charge in [-0.3, -0.25) is 4.79 Å². The molecule has 18 heavy (non-hydrogen) atoms. The fourth-order valence-corrected chi connectivity index (χ4v) is 3.38. The smallest absolute Gasteiger partial charge is 0.226 e. The predicted octanol–water partition coefficient (Wildman–Crippen LogP) is 2.41. The van der Waals surface area contributed by atoms with E-state index in [1.165, 1.54) is 32.1 Å². The molecular formula is C15H28N2O. The molecule has 1 N–H and O–H groups in total. The van der Waals surface area contributed by atoms with E-state index in [2.05, 4.69) is 31.0 Å². The highest BCUT2D eigenvalue weighted by molar-refractivity contribution is 5.79. The molecule has 2 aliphatic rings. The maximum Gasteiger partial charge on any atom is 0.226 e. The van der Waals surface area contributed by atoms with Crippen LogP contribution in [0.5, 0.6) is 0 Å². The predicted molar refractivity (Wildman–Crippen MR) is 74.4 cm³/mol. The Morgan fingerprint density at radius 2 is 1.83 bits per heavy atom. The molecule has 104 valence electrons. The molecule has 3 nitrogen and oxygen atoms in total. The van der Waals surface area contributed by atoms with Gasteiger partial charge in [0.15, 0.2) is 0 Å². The van der Waals surface area contributed by atoms with E-state index in [1.54, 1.807) is 0 Å². The molecule has 1 aliphatic heterocycles. The third kappa shape index (κ3) is 2.56. The van der Waals surface area contributed by atoms with Crippen molar-refractivity contribution in [3.05, 3.63) is 0 Å². The molecule has 1 unspecified atom stereocenters. The van der Waals surface area contributed by atoms with E-state index in [-0.39, 0.29) is 11.5 Å². The van der Waals surface area contributed by atoms with Gasteiger partial charge in [0.25, 0.3) is 0 Å². The summed E-state index contributed by atoms with van der Waals surface area (Å²) in [4.78, 5) is 14.9. The van der Waals surface area contributed by atoms with Crippen LogP contribution in [-0.2, 0) is 4.79 Å². The Morgan fingerprint density at radius 3 is 2.44 bits per heavy atom. The molecule has 0 radical (unpaired) electrons. The van der Waals surface area contributed by atoms with Gasteiger partial charge in [0.05, 0.1) is 5.54 Å². The minimum Gasteiger partial charge on any atom is -0.334 e. The van der Waals surface area contributed by atoms with Gasteiger partial charge in [-0.05, 0) is 18.8 Å². The van der Waals surface area contributed by atoms with Crippen molar-refractivity contribution in [3.63, 3.8) is 0 Å². The summed E-state index contributed by atoms with van der Waals surface area (Å²) in [6.45, 7) is 9.25. The first-order chi connectivity index (χ1) is 8.57. The molecule has 1 atom stereocenters. The van der Waals surface area contributed by atoms with Gasteiger partial charge in [-0.2, -0.15) is 0 Å². The standard InChI is InChI=1S/C15H28N2O/c1-12(2)13(3)14(18)17-10-9-16-11-15(17)7-5-4-6-8-15/h12-13,16H,4-11H2,1-3H3. The van der Waals surface area contributed by atoms with Crippen molar-refractivity contribution in [2.45, 2.75) is 58.4 Å². The van der Waals surface area contributed by atoms with Crippen LogP contribution >= 0.6 is 0 Å². The zero-order valence-electron chi connectivity index (χ0n) is 12.2. The summed E-state index contributed by atoms with van der Waals surface area (Å²) >= 11 is 0. The number of nitrogens with one attached hydrogen (secondary N) is 1. The third-order valence-corrected chi connectivity index (χ3v) is 4.98. The Balaban J connectivity index is 2.14. The molecule has 1 saturated carbocycles. The number of carbonyl (C=O) groups is 1. The zero-order valence-corrected chi connectivity index (χ0v) is 12.2. The van der Waals surface area contributed by atoms with Crippen LogP contribution in [0, 0.1) is 11.8 Å². The Bertz CT molecular complexity index is 287. The van der Waals surface area contributed by atoms with E-state index in [0.29, 0.717) is 11.8 Å². The van der Waals surface area contributed by atoms with Crippen LogP contribution in [0.3, 0.4) is 0 Å². The van der Waals surface area contributed by atoms with E-state index in [1.807, 2.05) is 0 Å². The number of amides is 1. The summed E-state index contributed by atoms with van der Waals surface area (Å²) in [7, 11) is 0. The van der Waals surface area contributed by atoms with Crippen molar-refractivity contribution in [1.82, 2.24) is 10.2 Å². The van der Waals surface area contributed by atoms with Crippen LogP contribution < -0.4 is 5.32 Å². The number of carbonyl (C=O) groups excluding carboxylic acids is 1. The molecule has 0 aromatic carbocycles. The Kier molecular flexibility index (Phi) is 4.31. The lowest BCUT2D eigenvalue weighted by Crippen LogP contribution is -2.64. The van der Waals surface area contributed by atoms with E-state index >= 15 is 0 Å². The molecule has 2 fully saturated rings. The van der Waals surface area contributed by atoms with Crippen molar-refractivity contribution in [1.29, 1.82) is 0 Å². The molecule has 1 spiro atoms. The zero-order chi connectivity index (χ0) is 13.2. The molecule has 1 aliphatic carbocycles. The second-order valence-electron chi connectivity index (χ2n) is 6.48. The molecule has 3 heteroatoms. The fraction of sp³-hybridized carbons (Fsp3) is 0.933. The summed E-state index contributed by atoms with van der Waals surface area (Å²) in [6.07, 6.45) is 6.28. The summed E-state index contributed by atoms with van der Waals surface area (Å²) in [5, 5.41) is 3.50. The van der Waals surface area contributed by atoms with Gasteiger partial charge in [0, 0.05) is 25.6 Å². The van der Waals surface area contributed by atoms with Crippen LogP contribution in [-0.4, -0.2) is 36.0 Å². The van der Waals surface area contributed by atoms with Crippen LogP contribution in [0.4, 0.5) is 0 Å². The van der Waals surface area contributed by atoms with Crippen molar-refractivity contribution in [3.8, 4) is 0 Å². The minimum atomic E-state index is 0.136. The molecule has 0 aromatic rings. The van der Waals surface area contributed by atoms with E-state index in [0.717, 1.165) is 19.6 Å². The first-order valence-corrected chi connectivity index (χ1v) is 7.59. The quantitative estimate of drug-likeness (QED) is 0.818. The van der Waals surface area contributed by atoms with Crippen LogP contribution in [0.2, 0.25) is 0 Å². The monoisotopic (exact) mass is 252 g/mol. The Labute approximate surface area is 111 Å². The topological polar surface area (TPSA) is 32.3 Å². The van der Waals surface area contributed by atoms with Crippen LogP contribution in [0.15, 0.2) is 0 Å². The fourth-order valence-electron chi connectivity index (χ4n) is 3.38. The van der Waals surface area contributed by atoms with E-state index < -0.39 is 0 Å². The van der Waals surface area contributed by atoms with Gasteiger partial charge in [0.1, 0.15) is 0 Å². The Hall–Kier alpha value is -0.570. The second kappa shape index (κ2) is 5.60. The lowest BCUT2D eigenvalue weighted by atomic mass is 9.78. The Morgan fingerprint density at radius 1 is 1.17 bits per heavy atom. The van der Waals surface area contributed by atoms with Gasteiger partial charge in [-0.1, -0.05) is 40.0 Å². The summed E-state index contributed by atoms with van der Waals surface area (Å²) < 4.78 is 0. The average Bonchev–Trinajstić information content (AvgIpc) is 2.38. The highest BCUT2D eigenvalue weighted by atomic mass is 16.2. The average molecular weight is 252 g/mol.